The van der Waals surface area contributed by atoms with Crippen molar-refractivity contribution in [1.82, 2.24) is 15.7 Å². The predicted octanol–water partition coefficient (Wildman–Crippen LogP) is 7.45. The maximum absolute atomic E-state index is 12.7. The summed E-state index contributed by atoms with van der Waals surface area (Å²) in [6.45, 7) is 11.9. The number of anilines is 2. The summed E-state index contributed by atoms with van der Waals surface area (Å²) in [6, 6.07) is 6.50. The number of sulfonamides is 1. The van der Waals surface area contributed by atoms with Crippen LogP contribution in [0.15, 0.2) is 24.3 Å². The Kier molecular flexibility index (Phi) is 13.9. The van der Waals surface area contributed by atoms with E-state index in [1.165, 1.54) is 51.4 Å². The summed E-state index contributed by atoms with van der Waals surface area (Å²) in [4.78, 5) is 20.7. The molecule has 2 amide bonds. The van der Waals surface area contributed by atoms with E-state index in [-0.39, 0.29) is 12.1 Å². The third-order valence-electron chi connectivity index (χ3n) is 6.08. The molecule has 1 unspecified atom stereocenters. The number of rotatable bonds is 18. The maximum atomic E-state index is 12.7. The Morgan fingerprint density at radius 2 is 1.66 bits per heavy atom. The lowest BCUT2D eigenvalue weighted by Crippen LogP contribution is -2.44. The molecule has 11 heteroatoms. The highest BCUT2D eigenvalue weighted by molar-refractivity contribution is 7.92. The molecule has 0 aliphatic heterocycles. The molecule has 0 fully saturated rings. The van der Waals surface area contributed by atoms with E-state index in [4.69, 9.17) is 6.57 Å². The van der Waals surface area contributed by atoms with Crippen molar-refractivity contribution < 1.29 is 13.2 Å². The predicted molar refractivity (Wildman–Crippen MR) is 158 cm³/mol. The van der Waals surface area contributed by atoms with Crippen molar-refractivity contribution in [1.29, 1.82) is 0 Å². The van der Waals surface area contributed by atoms with Crippen molar-refractivity contribution in [3.05, 3.63) is 35.7 Å². The number of nitrogens with one attached hydrogen (secondary N) is 4. The van der Waals surface area contributed by atoms with E-state index < -0.39 is 10.0 Å². The second kappa shape index (κ2) is 16.9. The lowest BCUT2D eigenvalue weighted by Gasteiger charge is -2.19. The van der Waals surface area contributed by atoms with Gasteiger partial charge in [-0.1, -0.05) is 90.2 Å². The van der Waals surface area contributed by atoms with E-state index in [2.05, 4.69) is 44.6 Å². The fourth-order valence-corrected chi connectivity index (χ4v) is 5.47. The van der Waals surface area contributed by atoms with Crippen LogP contribution in [0.3, 0.4) is 0 Å². The van der Waals surface area contributed by atoms with Gasteiger partial charge in [-0.25, -0.2) is 28.5 Å². The molecule has 1 atom stereocenters. The van der Waals surface area contributed by atoms with Gasteiger partial charge in [-0.2, -0.15) is 0 Å². The van der Waals surface area contributed by atoms with Gasteiger partial charge < -0.3 is 5.32 Å². The van der Waals surface area contributed by atoms with E-state index in [1.807, 2.05) is 0 Å². The van der Waals surface area contributed by atoms with Crippen LogP contribution < -0.4 is 20.9 Å². The van der Waals surface area contributed by atoms with Crippen LogP contribution in [-0.4, -0.2) is 31.7 Å². The second-order valence-electron chi connectivity index (χ2n) is 9.57. The normalized spacial score (nSPS) is 11.9. The number of hydrazine groups is 1. The van der Waals surface area contributed by atoms with Gasteiger partial charge in [0.05, 0.1) is 18.5 Å². The maximum Gasteiger partial charge on any atom is 0.333 e. The van der Waals surface area contributed by atoms with Crippen LogP contribution in [0.4, 0.5) is 20.6 Å². The standard InChI is InChI=1S/C27H42N6O3S2/c1-5-7-9-11-12-14-18-22(17-13-10-8-6-2)29-26(34)31-32-27-30-24(25(28-3)37-27)21-16-15-19-23(20-21)33-38(4,35)36/h15-16,19-20,22,33H,5-14,17-18H2,1-2,4H3,(H,30,32)(H2,29,31,34). The molecule has 0 saturated heterocycles. The lowest BCUT2D eigenvalue weighted by molar-refractivity contribution is 0.236. The molecule has 210 valence electrons. The number of hydrogen-bond acceptors (Lipinski definition) is 6. The molecule has 0 radical (unpaired) electrons. The average molecular weight is 563 g/mol. The molecule has 4 N–H and O–H groups in total. The number of benzene rings is 1. The average Bonchev–Trinajstić information content (AvgIpc) is 3.30. The van der Waals surface area contributed by atoms with Gasteiger partial charge in [0.1, 0.15) is 0 Å². The number of amides is 2. The molecule has 1 aromatic carbocycles. The van der Waals surface area contributed by atoms with Gasteiger partial charge in [-0.3, -0.25) is 10.1 Å². The number of urea groups is 1. The fourth-order valence-electron chi connectivity index (χ4n) is 4.18. The quantitative estimate of drug-likeness (QED) is 0.0855. The third kappa shape index (κ3) is 12.1. The Bertz CT molecular complexity index is 1140. The van der Waals surface area contributed by atoms with Crippen LogP contribution in [0, 0.1) is 6.57 Å². The Morgan fingerprint density at radius 3 is 2.29 bits per heavy atom. The molecule has 0 bridgehead atoms. The molecular weight excluding hydrogens is 520 g/mol. The van der Waals surface area contributed by atoms with Gasteiger partial charge in [0.2, 0.25) is 10.0 Å². The minimum Gasteiger partial charge on any atom is -0.334 e. The molecule has 0 saturated carbocycles. The summed E-state index contributed by atoms with van der Waals surface area (Å²) in [6.07, 6.45) is 15.0. The number of carbonyl (C=O) groups is 1. The van der Waals surface area contributed by atoms with E-state index in [0.717, 1.165) is 43.3 Å². The Balaban J connectivity index is 1.96. The first kappa shape index (κ1) is 31.4. The summed E-state index contributed by atoms with van der Waals surface area (Å²) in [7, 11) is -3.43. The first-order valence-corrected chi connectivity index (χ1v) is 16.3. The number of aromatic nitrogens is 1. The summed E-state index contributed by atoms with van der Waals surface area (Å²) in [5.74, 6) is 0. The first-order chi connectivity index (χ1) is 18.3. The van der Waals surface area contributed by atoms with Crippen LogP contribution in [0.25, 0.3) is 16.1 Å². The SMILES string of the molecule is [C-]#[N+]c1sc(NNC(=O)NC(CCCCCC)CCCCCCCC)nc1-c1cccc(NS(C)(=O)=O)c1. The highest BCUT2D eigenvalue weighted by Gasteiger charge is 2.16. The minimum atomic E-state index is -3.43. The Hall–Kier alpha value is -2.84. The van der Waals surface area contributed by atoms with Gasteiger partial charge in [-0.15, -0.1) is 11.3 Å². The number of nitrogens with zero attached hydrogens (tertiary/aromatic N) is 2. The highest BCUT2D eigenvalue weighted by atomic mass is 32.2. The smallest absolute Gasteiger partial charge is 0.333 e. The van der Waals surface area contributed by atoms with Crippen molar-refractivity contribution in [2.75, 3.05) is 16.4 Å². The summed E-state index contributed by atoms with van der Waals surface area (Å²) in [5.41, 5.74) is 6.89. The molecule has 1 heterocycles. The monoisotopic (exact) mass is 562 g/mol. The summed E-state index contributed by atoms with van der Waals surface area (Å²) in [5, 5.41) is 3.81. The van der Waals surface area contributed by atoms with E-state index in [0.29, 0.717) is 27.1 Å². The van der Waals surface area contributed by atoms with E-state index >= 15 is 0 Å². The van der Waals surface area contributed by atoms with Crippen LogP contribution in [0.1, 0.15) is 90.9 Å². The van der Waals surface area contributed by atoms with Gasteiger partial charge in [0, 0.05) is 11.7 Å². The zero-order valence-electron chi connectivity index (χ0n) is 22.8. The van der Waals surface area contributed by atoms with Crippen molar-refractivity contribution >= 4 is 43.2 Å². The molecular formula is C27H42N6O3S2. The molecule has 2 aromatic rings. The zero-order valence-corrected chi connectivity index (χ0v) is 24.4. The number of carbonyl (C=O) groups excluding carboxylic acids is 1. The molecule has 0 aliphatic carbocycles. The zero-order chi connectivity index (χ0) is 27.8. The molecule has 38 heavy (non-hydrogen) atoms. The molecule has 2 rings (SSSR count). The summed E-state index contributed by atoms with van der Waals surface area (Å²) >= 11 is 1.12. The van der Waals surface area contributed by atoms with Gasteiger partial charge in [0.15, 0.2) is 5.13 Å². The molecule has 0 spiro atoms. The number of thiazole rings is 1. The molecule has 1 aromatic heterocycles. The number of hydrogen-bond donors (Lipinski definition) is 4. The number of unbranched alkanes of at least 4 members (excludes halogenated alkanes) is 8. The Morgan fingerprint density at radius 1 is 1.03 bits per heavy atom. The highest BCUT2D eigenvalue weighted by Crippen LogP contribution is 2.38. The van der Waals surface area contributed by atoms with Gasteiger partial charge >= 0.3 is 6.03 Å². The Labute approximate surface area is 232 Å². The van der Waals surface area contributed by atoms with Crippen LogP contribution in [0.2, 0.25) is 0 Å². The largest absolute Gasteiger partial charge is 0.334 e. The summed E-state index contributed by atoms with van der Waals surface area (Å²) < 4.78 is 25.6. The molecule has 9 nitrogen and oxygen atoms in total. The third-order valence-corrected chi connectivity index (χ3v) is 7.55. The van der Waals surface area contributed by atoms with Crippen molar-refractivity contribution in [3.63, 3.8) is 0 Å². The van der Waals surface area contributed by atoms with E-state index in [1.54, 1.807) is 24.3 Å². The topological polar surface area (TPSA) is 117 Å². The fraction of sp³-hybridized carbons (Fsp3) is 0.593. The van der Waals surface area contributed by atoms with Crippen LogP contribution >= 0.6 is 11.3 Å². The minimum absolute atomic E-state index is 0.121. The van der Waals surface area contributed by atoms with Crippen molar-refractivity contribution in [2.45, 2.75) is 96.9 Å². The molecule has 0 aliphatic rings. The second-order valence-corrected chi connectivity index (χ2v) is 12.3. The first-order valence-electron chi connectivity index (χ1n) is 13.5. The van der Waals surface area contributed by atoms with Crippen LogP contribution in [0.5, 0.6) is 0 Å². The van der Waals surface area contributed by atoms with Crippen molar-refractivity contribution in [3.8, 4) is 11.3 Å². The van der Waals surface area contributed by atoms with E-state index in [9.17, 15) is 13.2 Å². The van der Waals surface area contributed by atoms with Crippen molar-refractivity contribution in [2.24, 2.45) is 0 Å². The van der Waals surface area contributed by atoms with Gasteiger partial charge in [-0.05, 0) is 30.5 Å². The van der Waals surface area contributed by atoms with Crippen LogP contribution in [-0.2, 0) is 10.0 Å². The lowest BCUT2D eigenvalue weighted by atomic mass is 10.0. The van der Waals surface area contributed by atoms with Gasteiger partial charge in [0.25, 0.3) is 5.00 Å².